The molecule has 0 aliphatic rings. The molecular weight excluding hydrogens is 358 g/mol. The first-order valence-electron chi connectivity index (χ1n) is 9.61. The SMILES string of the molecule is CCCCCC(COCc1ccccc1)OCn1cnc2c(=O)[nH]c(N)nc21. The molecule has 28 heavy (non-hydrogen) atoms. The maximum Gasteiger partial charge on any atom is 0.280 e. The van der Waals surface area contributed by atoms with E-state index in [2.05, 4.69) is 21.9 Å². The van der Waals surface area contributed by atoms with Gasteiger partial charge in [-0.2, -0.15) is 4.98 Å². The fourth-order valence-electron chi connectivity index (χ4n) is 2.97. The van der Waals surface area contributed by atoms with Gasteiger partial charge in [0.2, 0.25) is 5.95 Å². The molecule has 2 aromatic heterocycles. The predicted molar refractivity (Wildman–Crippen MR) is 108 cm³/mol. The summed E-state index contributed by atoms with van der Waals surface area (Å²) in [6, 6.07) is 10.1. The molecule has 8 nitrogen and oxygen atoms in total. The van der Waals surface area contributed by atoms with E-state index >= 15 is 0 Å². The van der Waals surface area contributed by atoms with E-state index < -0.39 is 0 Å². The molecule has 3 rings (SSSR count). The number of aromatic nitrogens is 4. The van der Waals surface area contributed by atoms with Crippen LogP contribution in [0.3, 0.4) is 0 Å². The first-order chi connectivity index (χ1) is 13.7. The first kappa shape index (κ1) is 20.0. The van der Waals surface area contributed by atoms with E-state index in [0.717, 1.165) is 31.2 Å². The van der Waals surface area contributed by atoms with Gasteiger partial charge < -0.3 is 15.2 Å². The van der Waals surface area contributed by atoms with Gasteiger partial charge in [0.1, 0.15) is 6.73 Å². The standard InChI is InChI=1S/C20H27N5O3/c1-2-3-5-10-16(12-27-11-15-8-6-4-7-9-15)28-14-25-13-22-17-18(25)23-20(21)24-19(17)26/h4,6-9,13,16H,2-3,5,10-12,14H2,1H3,(H3,21,23,24,26). The van der Waals surface area contributed by atoms with Crippen LogP contribution in [0.2, 0.25) is 0 Å². The lowest BCUT2D eigenvalue weighted by atomic mass is 10.1. The third-order valence-electron chi connectivity index (χ3n) is 4.49. The van der Waals surface area contributed by atoms with Crippen LogP contribution in [0.15, 0.2) is 41.5 Å². The Bertz CT molecular complexity index is 922. The van der Waals surface area contributed by atoms with Crippen LogP contribution in [0.25, 0.3) is 11.2 Å². The van der Waals surface area contributed by atoms with Crippen molar-refractivity contribution in [2.24, 2.45) is 0 Å². The topological polar surface area (TPSA) is 108 Å². The molecular formula is C20H27N5O3. The van der Waals surface area contributed by atoms with Crippen LogP contribution in [0.4, 0.5) is 5.95 Å². The highest BCUT2D eigenvalue weighted by Crippen LogP contribution is 2.12. The van der Waals surface area contributed by atoms with Crippen LogP contribution in [0, 0.1) is 0 Å². The third kappa shape index (κ3) is 5.40. The number of hydrogen-bond donors (Lipinski definition) is 2. The molecule has 0 saturated heterocycles. The summed E-state index contributed by atoms with van der Waals surface area (Å²) < 4.78 is 13.6. The Balaban J connectivity index is 1.60. The lowest BCUT2D eigenvalue weighted by molar-refractivity contribution is -0.0521. The van der Waals surface area contributed by atoms with E-state index in [1.54, 1.807) is 10.9 Å². The van der Waals surface area contributed by atoms with Crippen LogP contribution < -0.4 is 11.3 Å². The number of nitrogens with zero attached hydrogens (tertiary/aromatic N) is 3. The summed E-state index contributed by atoms with van der Waals surface area (Å²) >= 11 is 0. The van der Waals surface area contributed by atoms with Gasteiger partial charge in [0.15, 0.2) is 11.2 Å². The van der Waals surface area contributed by atoms with Crippen LogP contribution >= 0.6 is 0 Å². The van der Waals surface area contributed by atoms with Crippen molar-refractivity contribution < 1.29 is 9.47 Å². The maximum absolute atomic E-state index is 11.9. The van der Waals surface area contributed by atoms with Gasteiger partial charge in [-0.05, 0) is 12.0 Å². The fraction of sp³-hybridized carbons (Fsp3) is 0.450. The van der Waals surface area contributed by atoms with E-state index in [1.807, 2.05) is 30.3 Å². The number of aromatic amines is 1. The van der Waals surface area contributed by atoms with Gasteiger partial charge in [0, 0.05) is 0 Å². The molecule has 0 aliphatic carbocycles. The molecule has 3 aromatic rings. The number of imidazole rings is 1. The average molecular weight is 385 g/mol. The summed E-state index contributed by atoms with van der Waals surface area (Å²) in [4.78, 5) is 22.6. The Morgan fingerprint density at radius 2 is 2.07 bits per heavy atom. The highest BCUT2D eigenvalue weighted by molar-refractivity contribution is 5.70. The molecule has 0 fully saturated rings. The summed E-state index contributed by atoms with van der Waals surface area (Å²) in [7, 11) is 0. The highest BCUT2D eigenvalue weighted by Gasteiger charge is 2.13. The Hall–Kier alpha value is -2.71. The van der Waals surface area contributed by atoms with Crippen molar-refractivity contribution in [3.8, 4) is 0 Å². The van der Waals surface area contributed by atoms with E-state index in [4.69, 9.17) is 15.2 Å². The largest absolute Gasteiger partial charge is 0.374 e. The molecule has 1 unspecified atom stereocenters. The second-order valence-electron chi connectivity index (χ2n) is 6.75. The Kier molecular flexibility index (Phi) is 7.16. The number of ether oxygens (including phenoxy) is 2. The number of nitrogens with two attached hydrogens (primary N) is 1. The summed E-state index contributed by atoms with van der Waals surface area (Å²) in [5.41, 5.74) is 7.09. The zero-order valence-corrected chi connectivity index (χ0v) is 16.1. The second-order valence-corrected chi connectivity index (χ2v) is 6.75. The molecule has 3 N–H and O–H groups in total. The number of benzene rings is 1. The number of nitrogen functional groups attached to an aromatic ring is 1. The number of unbranched alkanes of at least 4 members (excludes halogenated alkanes) is 2. The maximum atomic E-state index is 11.9. The first-order valence-corrected chi connectivity index (χ1v) is 9.61. The van der Waals surface area contributed by atoms with Crippen molar-refractivity contribution in [3.63, 3.8) is 0 Å². The summed E-state index contributed by atoms with van der Waals surface area (Å²) in [5, 5.41) is 0. The molecule has 0 bridgehead atoms. The van der Waals surface area contributed by atoms with Gasteiger partial charge in [0.05, 0.1) is 25.6 Å². The number of rotatable bonds is 11. The molecule has 2 heterocycles. The summed E-state index contributed by atoms with van der Waals surface area (Å²) in [6.07, 6.45) is 5.78. The lowest BCUT2D eigenvalue weighted by Gasteiger charge is -2.18. The molecule has 1 aromatic carbocycles. The van der Waals surface area contributed by atoms with Gasteiger partial charge in [-0.1, -0.05) is 56.5 Å². The van der Waals surface area contributed by atoms with Crippen molar-refractivity contribution in [2.45, 2.75) is 52.0 Å². The normalized spacial score (nSPS) is 12.5. The number of fused-ring (bicyclic) bond motifs is 1. The highest BCUT2D eigenvalue weighted by atomic mass is 16.5. The number of anilines is 1. The minimum absolute atomic E-state index is 0.0490. The number of hydrogen-bond acceptors (Lipinski definition) is 6. The molecule has 0 spiro atoms. The van der Waals surface area contributed by atoms with Gasteiger partial charge in [-0.25, -0.2) is 4.98 Å². The van der Waals surface area contributed by atoms with Crippen LogP contribution in [-0.2, 0) is 22.8 Å². The molecule has 150 valence electrons. The van der Waals surface area contributed by atoms with Gasteiger partial charge >= 0.3 is 0 Å². The number of nitrogens with one attached hydrogen (secondary N) is 1. The minimum Gasteiger partial charge on any atom is -0.374 e. The molecule has 1 atom stereocenters. The third-order valence-corrected chi connectivity index (χ3v) is 4.49. The van der Waals surface area contributed by atoms with E-state index in [1.165, 1.54) is 0 Å². The monoisotopic (exact) mass is 385 g/mol. The van der Waals surface area contributed by atoms with Crippen molar-refractivity contribution in [3.05, 3.63) is 52.6 Å². The van der Waals surface area contributed by atoms with Crippen molar-refractivity contribution >= 4 is 17.1 Å². The molecule has 0 radical (unpaired) electrons. The zero-order chi connectivity index (χ0) is 19.8. The average Bonchev–Trinajstić information content (AvgIpc) is 3.10. The lowest BCUT2D eigenvalue weighted by Crippen LogP contribution is -2.22. The zero-order valence-electron chi connectivity index (χ0n) is 16.1. The number of H-pyrrole nitrogens is 1. The smallest absolute Gasteiger partial charge is 0.280 e. The fourth-order valence-corrected chi connectivity index (χ4v) is 2.97. The predicted octanol–water partition coefficient (Wildman–Crippen LogP) is 2.84. The van der Waals surface area contributed by atoms with E-state index in [-0.39, 0.29) is 29.9 Å². The second kappa shape index (κ2) is 10.0. The quantitative estimate of drug-likeness (QED) is 0.491. The summed E-state index contributed by atoms with van der Waals surface area (Å²) in [5.74, 6) is 0.0601. The Morgan fingerprint density at radius 3 is 2.86 bits per heavy atom. The Morgan fingerprint density at radius 1 is 1.25 bits per heavy atom. The molecule has 8 heteroatoms. The molecule has 0 saturated carbocycles. The summed E-state index contributed by atoms with van der Waals surface area (Å²) in [6.45, 7) is 3.46. The van der Waals surface area contributed by atoms with Crippen LogP contribution in [-0.4, -0.2) is 32.2 Å². The van der Waals surface area contributed by atoms with E-state index in [0.29, 0.717) is 18.9 Å². The molecule has 0 aliphatic heterocycles. The Labute approximate surface area is 163 Å². The minimum atomic E-state index is -0.355. The molecule has 0 amide bonds. The van der Waals surface area contributed by atoms with Crippen molar-refractivity contribution in [1.82, 2.24) is 19.5 Å². The van der Waals surface area contributed by atoms with Crippen LogP contribution in [0.5, 0.6) is 0 Å². The van der Waals surface area contributed by atoms with E-state index in [9.17, 15) is 4.79 Å². The van der Waals surface area contributed by atoms with Gasteiger partial charge in [-0.3, -0.25) is 14.3 Å². The van der Waals surface area contributed by atoms with Crippen molar-refractivity contribution in [2.75, 3.05) is 12.3 Å². The van der Waals surface area contributed by atoms with Gasteiger partial charge in [-0.15, -0.1) is 0 Å². The van der Waals surface area contributed by atoms with Gasteiger partial charge in [0.25, 0.3) is 5.56 Å². The van der Waals surface area contributed by atoms with Crippen LogP contribution in [0.1, 0.15) is 38.2 Å². The van der Waals surface area contributed by atoms with Crippen molar-refractivity contribution in [1.29, 1.82) is 0 Å².